The predicted octanol–water partition coefficient (Wildman–Crippen LogP) is 4.86. The molecule has 4 fully saturated rings. The lowest BCUT2D eigenvalue weighted by Crippen LogP contribution is -2.61. The number of ether oxygens (including phenoxy) is 1. The van der Waals surface area contributed by atoms with Crippen molar-refractivity contribution >= 4 is 11.8 Å². The molecule has 0 aromatic carbocycles. The van der Waals surface area contributed by atoms with Crippen molar-refractivity contribution in [2.45, 2.75) is 89.8 Å². The van der Waals surface area contributed by atoms with Crippen LogP contribution in [-0.4, -0.2) is 28.6 Å². The molecule has 3 saturated carbocycles. The number of aryl methyl sites for hydroxylation is 1. The molecule has 1 spiro atoms. The molecule has 5 heteroatoms. The van der Waals surface area contributed by atoms with Crippen LogP contribution in [0.1, 0.15) is 82.7 Å². The van der Waals surface area contributed by atoms with Gasteiger partial charge in [-0.1, -0.05) is 19.4 Å². The molecule has 5 aliphatic rings. The third-order valence-corrected chi connectivity index (χ3v) is 10.4. The molecule has 0 bridgehead atoms. The lowest BCUT2D eigenvalue weighted by atomic mass is 9.43. The Labute approximate surface area is 189 Å². The van der Waals surface area contributed by atoms with Gasteiger partial charge in [0.05, 0.1) is 6.10 Å². The summed E-state index contributed by atoms with van der Waals surface area (Å²) in [5.74, 6) is 2.79. The Kier molecular flexibility index (Phi) is 4.26. The number of allylic oxidation sites excluding steroid dienone is 1. The molecule has 5 nitrogen and oxygen atoms in total. The van der Waals surface area contributed by atoms with Gasteiger partial charge in [0.25, 0.3) is 0 Å². The van der Waals surface area contributed by atoms with Gasteiger partial charge >= 0.3 is 5.97 Å². The summed E-state index contributed by atoms with van der Waals surface area (Å²) in [5, 5.41) is 11.8. The standard InChI is InChI=1S/C27H34O5/c1-15-4-5-21(31-15)18-13-16-12-17(28)6-9-25(16,2)24-20(29)14-26(3)19(23(18)24)7-10-27(26)11-8-22(30)32-27/h4-5,12,18-20,23-24,29H,6-11,13-14H2,1-3H3/t18-,19?,20+,23-,24?,25?,26-,27?/m0/s1. The number of aliphatic hydroxyl groups is 1. The minimum atomic E-state index is -0.490. The average molecular weight is 439 g/mol. The summed E-state index contributed by atoms with van der Waals surface area (Å²) in [5.41, 5.74) is 0.349. The van der Waals surface area contributed by atoms with E-state index in [2.05, 4.69) is 19.9 Å². The van der Waals surface area contributed by atoms with E-state index in [4.69, 9.17) is 9.15 Å². The number of fused-ring (bicyclic) bond motifs is 6. The van der Waals surface area contributed by atoms with Crippen molar-refractivity contribution in [1.82, 2.24) is 0 Å². The van der Waals surface area contributed by atoms with Crippen LogP contribution in [-0.2, 0) is 14.3 Å². The highest BCUT2D eigenvalue weighted by molar-refractivity contribution is 5.91. The van der Waals surface area contributed by atoms with Crippen LogP contribution >= 0.6 is 0 Å². The Morgan fingerprint density at radius 1 is 1.09 bits per heavy atom. The van der Waals surface area contributed by atoms with Crippen molar-refractivity contribution in [2.75, 3.05) is 0 Å². The SMILES string of the molecule is Cc1ccc([C@@H]2CC3=CC(=O)CCC3(C)C3[C@@H]2C2CCC4(CCC(=O)O4)[C@@]2(C)C[C@H]3O)o1. The molecular formula is C27H34O5. The molecule has 1 N–H and O–H groups in total. The molecule has 2 heterocycles. The van der Waals surface area contributed by atoms with Crippen LogP contribution < -0.4 is 0 Å². The number of carbonyl (C=O) groups excluding carboxylic acids is 2. The van der Waals surface area contributed by atoms with Gasteiger partial charge in [0.2, 0.25) is 0 Å². The molecule has 6 rings (SSSR count). The molecule has 8 atom stereocenters. The van der Waals surface area contributed by atoms with Crippen LogP contribution in [0.4, 0.5) is 0 Å². The van der Waals surface area contributed by atoms with Gasteiger partial charge in [-0.2, -0.15) is 0 Å². The largest absolute Gasteiger partial charge is 0.466 e. The Morgan fingerprint density at radius 2 is 1.91 bits per heavy atom. The summed E-state index contributed by atoms with van der Waals surface area (Å²) in [6.07, 6.45) is 7.38. The van der Waals surface area contributed by atoms with Gasteiger partial charge in [0, 0.05) is 24.2 Å². The first-order valence-corrected chi connectivity index (χ1v) is 12.4. The van der Waals surface area contributed by atoms with Crippen LogP contribution in [0.5, 0.6) is 0 Å². The number of carbonyl (C=O) groups is 2. The molecule has 1 aliphatic heterocycles. The van der Waals surface area contributed by atoms with Gasteiger partial charge in [-0.15, -0.1) is 0 Å². The quantitative estimate of drug-likeness (QED) is 0.634. The maximum atomic E-state index is 12.4. The Bertz CT molecular complexity index is 1020. The number of ketones is 1. The van der Waals surface area contributed by atoms with Crippen molar-refractivity contribution in [3.05, 3.63) is 35.3 Å². The van der Waals surface area contributed by atoms with E-state index in [1.165, 1.54) is 5.57 Å². The first kappa shape index (κ1) is 20.7. The molecule has 4 unspecified atom stereocenters. The molecule has 32 heavy (non-hydrogen) atoms. The molecule has 4 aliphatic carbocycles. The van der Waals surface area contributed by atoms with Crippen molar-refractivity contribution < 1.29 is 23.8 Å². The zero-order valence-corrected chi connectivity index (χ0v) is 19.4. The summed E-state index contributed by atoms with van der Waals surface area (Å²) in [6, 6.07) is 4.11. The van der Waals surface area contributed by atoms with Crippen LogP contribution in [0.25, 0.3) is 0 Å². The Balaban J connectivity index is 1.50. The highest BCUT2D eigenvalue weighted by Crippen LogP contribution is 2.71. The first-order valence-electron chi connectivity index (χ1n) is 12.4. The zero-order chi connectivity index (χ0) is 22.5. The maximum Gasteiger partial charge on any atom is 0.306 e. The van der Waals surface area contributed by atoms with Crippen molar-refractivity contribution in [3.63, 3.8) is 0 Å². The third kappa shape index (κ3) is 2.55. The second kappa shape index (κ2) is 6.59. The summed E-state index contributed by atoms with van der Waals surface area (Å²) < 4.78 is 12.3. The second-order valence-electron chi connectivity index (χ2n) is 11.7. The van der Waals surface area contributed by atoms with Gasteiger partial charge in [-0.25, -0.2) is 0 Å². The lowest BCUT2D eigenvalue weighted by molar-refractivity contribution is -0.188. The summed E-state index contributed by atoms with van der Waals surface area (Å²) in [4.78, 5) is 24.6. The molecule has 0 radical (unpaired) electrons. The Morgan fingerprint density at radius 3 is 2.59 bits per heavy atom. The highest BCUT2D eigenvalue weighted by Gasteiger charge is 2.70. The molecule has 1 aromatic rings. The number of hydrogen-bond acceptors (Lipinski definition) is 5. The first-order chi connectivity index (χ1) is 15.2. The molecule has 1 aromatic heterocycles. The normalized spacial score (nSPS) is 47.6. The molecule has 1 saturated heterocycles. The maximum absolute atomic E-state index is 12.4. The van der Waals surface area contributed by atoms with Crippen molar-refractivity contribution in [2.24, 2.45) is 28.6 Å². The van der Waals surface area contributed by atoms with Crippen LogP contribution in [0.2, 0.25) is 0 Å². The second-order valence-corrected chi connectivity index (χ2v) is 11.7. The average Bonchev–Trinajstić information content (AvgIpc) is 3.40. The minimum Gasteiger partial charge on any atom is -0.466 e. The van der Waals surface area contributed by atoms with Gasteiger partial charge in [-0.3, -0.25) is 9.59 Å². The number of hydrogen-bond donors (Lipinski definition) is 1. The fraction of sp³-hybridized carbons (Fsp3) is 0.704. The minimum absolute atomic E-state index is 0.0799. The third-order valence-electron chi connectivity index (χ3n) is 10.4. The fourth-order valence-corrected chi connectivity index (χ4v) is 8.90. The molecular weight excluding hydrogens is 404 g/mol. The summed E-state index contributed by atoms with van der Waals surface area (Å²) >= 11 is 0. The van der Waals surface area contributed by atoms with Gasteiger partial charge in [0.15, 0.2) is 5.78 Å². The fourth-order valence-electron chi connectivity index (χ4n) is 8.90. The van der Waals surface area contributed by atoms with E-state index in [1.54, 1.807) is 0 Å². The van der Waals surface area contributed by atoms with E-state index in [0.717, 1.165) is 43.6 Å². The van der Waals surface area contributed by atoms with Crippen LogP contribution in [0, 0.1) is 35.5 Å². The topological polar surface area (TPSA) is 76.7 Å². The van der Waals surface area contributed by atoms with E-state index in [9.17, 15) is 14.7 Å². The smallest absolute Gasteiger partial charge is 0.306 e. The molecule has 172 valence electrons. The summed E-state index contributed by atoms with van der Waals surface area (Å²) in [6.45, 7) is 6.52. The van der Waals surface area contributed by atoms with E-state index in [0.29, 0.717) is 25.2 Å². The summed E-state index contributed by atoms with van der Waals surface area (Å²) in [7, 11) is 0. The van der Waals surface area contributed by atoms with Crippen LogP contribution in [0.3, 0.4) is 0 Å². The van der Waals surface area contributed by atoms with E-state index >= 15 is 0 Å². The van der Waals surface area contributed by atoms with Gasteiger partial charge in [-0.05, 0) is 86.8 Å². The number of rotatable bonds is 1. The zero-order valence-electron chi connectivity index (χ0n) is 19.4. The van der Waals surface area contributed by atoms with E-state index < -0.39 is 11.7 Å². The number of furan rings is 1. The van der Waals surface area contributed by atoms with E-state index in [-0.39, 0.29) is 40.3 Å². The van der Waals surface area contributed by atoms with Gasteiger partial charge in [0.1, 0.15) is 17.1 Å². The molecule has 0 amide bonds. The van der Waals surface area contributed by atoms with Crippen molar-refractivity contribution in [1.29, 1.82) is 0 Å². The van der Waals surface area contributed by atoms with E-state index in [1.807, 2.05) is 19.1 Å². The highest BCUT2D eigenvalue weighted by atomic mass is 16.6. The number of esters is 1. The number of aliphatic hydroxyl groups excluding tert-OH is 1. The van der Waals surface area contributed by atoms with Gasteiger partial charge < -0.3 is 14.3 Å². The lowest BCUT2D eigenvalue weighted by Gasteiger charge is -2.62. The van der Waals surface area contributed by atoms with Crippen LogP contribution in [0.15, 0.2) is 28.2 Å². The Hall–Kier alpha value is -1.88. The predicted molar refractivity (Wildman–Crippen MR) is 118 cm³/mol. The van der Waals surface area contributed by atoms with Crippen molar-refractivity contribution in [3.8, 4) is 0 Å². The monoisotopic (exact) mass is 438 g/mol.